The number of aromatic hydroxyl groups is 2. The Kier molecular flexibility index (Phi) is 3.35. The standard InChI is InChI=1S/C13H12O5S/c1-9-5-7-10(8-6-9)19(16,17)18-12-4-2-3-11(14)13(12)15/h2-8,14-15H,1H3. The second kappa shape index (κ2) is 4.81. The van der Waals surface area contributed by atoms with Gasteiger partial charge in [0.25, 0.3) is 0 Å². The molecule has 2 rings (SSSR count). The first-order valence-electron chi connectivity index (χ1n) is 5.42. The van der Waals surface area contributed by atoms with E-state index in [9.17, 15) is 18.6 Å². The largest absolute Gasteiger partial charge is 0.504 e. The van der Waals surface area contributed by atoms with Crippen molar-refractivity contribution >= 4 is 10.1 Å². The summed E-state index contributed by atoms with van der Waals surface area (Å²) in [4.78, 5) is -0.0270. The van der Waals surface area contributed by atoms with Crippen LogP contribution in [0.5, 0.6) is 17.2 Å². The van der Waals surface area contributed by atoms with Gasteiger partial charge in [0.2, 0.25) is 5.75 Å². The Morgan fingerprint density at radius 2 is 1.63 bits per heavy atom. The second-order valence-electron chi connectivity index (χ2n) is 3.97. The van der Waals surface area contributed by atoms with Gasteiger partial charge in [-0.25, -0.2) is 0 Å². The maximum absolute atomic E-state index is 12.0. The molecular formula is C13H12O5S. The molecular weight excluding hydrogens is 268 g/mol. The van der Waals surface area contributed by atoms with Crippen LogP contribution in [-0.2, 0) is 10.1 Å². The molecule has 0 spiro atoms. The summed E-state index contributed by atoms with van der Waals surface area (Å²) in [6, 6.07) is 9.93. The molecule has 0 saturated heterocycles. The van der Waals surface area contributed by atoms with Gasteiger partial charge in [-0.3, -0.25) is 0 Å². The lowest BCUT2D eigenvalue weighted by molar-refractivity contribution is 0.383. The van der Waals surface area contributed by atoms with Crippen molar-refractivity contribution in [1.82, 2.24) is 0 Å². The molecule has 0 bridgehead atoms. The van der Waals surface area contributed by atoms with Crippen molar-refractivity contribution in [2.75, 3.05) is 0 Å². The molecule has 0 amide bonds. The minimum atomic E-state index is -4.04. The minimum absolute atomic E-state index is 0.0270. The summed E-state index contributed by atoms with van der Waals surface area (Å²) in [5, 5.41) is 18.8. The van der Waals surface area contributed by atoms with Crippen LogP contribution >= 0.6 is 0 Å². The lowest BCUT2D eigenvalue weighted by Gasteiger charge is -2.09. The average Bonchev–Trinajstić information content (AvgIpc) is 2.35. The molecule has 0 atom stereocenters. The predicted molar refractivity (Wildman–Crippen MR) is 68.8 cm³/mol. The first kappa shape index (κ1) is 13.2. The molecule has 6 heteroatoms. The molecule has 0 saturated carbocycles. The summed E-state index contributed by atoms with van der Waals surface area (Å²) in [6.07, 6.45) is 0. The molecule has 0 aliphatic carbocycles. The van der Waals surface area contributed by atoms with Crippen molar-refractivity contribution in [3.05, 3.63) is 48.0 Å². The van der Waals surface area contributed by atoms with Gasteiger partial charge in [0.15, 0.2) is 11.5 Å². The maximum Gasteiger partial charge on any atom is 0.339 e. The van der Waals surface area contributed by atoms with Crippen LogP contribution in [0.3, 0.4) is 0 Å². The molecule has 0 unspecified atom stereocenters. The number of rotatable bonds is 3. The van der Waals surface area contributed by atoms with E-state index in [0.717, 1.165) is 5.56 Å². The Labute approximate surface area is 110 Å². The Morgan fingerprint density at radius 1 is 1.00 bits per heavy atom. The summed E-state index contributed by atoms with van der Waals surface area (Å²) < 4.78 is 28.7. The maximum atomic E-state index is 12.0. The molecule has 2 aromatic carbocycles. The fourth-order valence-corrected chi connectivity index (χ4v) is 2.39. The Morgan fingerprint density at radius 3 is 2.26 bits per heavy atom. The lowest BCUT2D eigenvalue weighted by Crippen LogP contribution is -2.09. The van der Waals surface area contributed by atoms with Gasteiger partial charge in [-0.2, -0.15) is 8.42 Å². The van der Waals surface area contributed by atoms with Crippen LogP contribution in [0.25, 0.3) is 0 Å². The van der Waals surface area contributed by atoms with Gasteiger partial charge in [0.1, 0.15) is 4.90 Å². The van der Waals surface area contributed by atoms with Crippen molar-refractivity contribution in [3.63, 3.8) is 0 Å². The molecule has 0 heterocycles. The van der Waals surface area contributed by atoms with Crippen molar-refractivity contribution in [2.24, 2.45) is 0 Å². The van der Waals surface area contributed by atoms with E-state index in [1.54, 1.807) is 12.1 Å². The third-order valence-corrected chi connectivity index (χ3v) is 3.74. The van der Waals surface area contributed by atoms with E-state index in [-0.39, 0.29) is 10.6 Å². The number of aryl methyl sites for hydroxylation is 1. The van der Waals surface area contributed by atoms with E-state index in [0.29, 0.717) is 0 Å². The zero-order valence-corrected chi connectivity index (χ0v) is 10.9. The zero-order valence-electron chi connectivity index (χ0n) is 10.1. The number of hydrogen-bond donors (Lipinski definition) is 2. The number of hydrogen-bond acceptors (Lipinski definition) is 5. The van der Waals surface area contributed by atoms with Gasteiger partial charge in [0.05, 0.1) is 0 Å². The van der Waals surface area contributed by atoms with E-state index in [4.69, 9.17) is 4.18 Å². The summed E-state index contributed by atoms with van der Waals surface area (Å²) in [7, 11) is -4.04. The Hall–Kier alpha value is -2.21. The molecule has 0 aliphatic rings. The zero-order chi connectivity index (χ0) is 14.0. The van der Waals surface area contributed by atoms with Gasteiger partial charge >= 0.3 is 10.1 Å². The van der Waals surface area contributed by atoms with E-state index >= 15 is 0 Å². The Bertz CT molecular complexity index is 689. The van der Waals surface area contributed by atoms with Gasteiger partial charge in [-0.1, -0.05) is 23.8 Å². The van der Waals surface area contributed by atoms with Gasteiger partial charge in [0, 0.05) is 0 Å². The van der Waals surface area contributed by atoms with E-state index in [1.807, 2.05) is 6.92 Å². The number of phenolic OH excluding ortho intramolecular Hbond substituents is 2. The Balaban J connectivity index is 2.36. The topological polar surface area (TPSA) is 83.8 Å². The smallest absolute Gasteiger partial charge is 0.339 e. The number of phenols is 2. The normalized spacial score (nSPS) is 11.2. The highest BCUT2D eigenvalue weighted by atomic mass is 32.2. The SMILES string of the molecule is Cc1ccc(S(=O)(=O)Oc2cccc(O)c2O)cc1. The van der Waals surface area contributed by atoms with Crippen LogP contribution in [-0.4, -0.2) is 18.6 Å². The van der Waals surface area contributed by atoms with Crippen LogP contribution in [0.15, 0.2) is 47.4 Å². The monoisotopic (exact) mass is 280 g/mol. The minimum Gasteiger partial charge on any atom is -0.504 e. The first-order valence-corrected chi connectivity index (χ1v) is 6.83. The molecule has 19 heavy (non-hydrogen) atoms. The molecule has 0 aliphatic heterocycles. The van der Waals surface area contributed by atoms with Crippen LogP contribution < -0.4 is 4.18 Å². The summed E-state index contributed by atoms with van der Waals surface area (Å²) in [5.41, 5.74) is 0.916. The van der Waals surface area contributed by atoms with Gasteiger partial charge in [-0.05, 0) is 31.2 Å². The van der Waals surface area contributed by atoms with Crippen molar-refractivity contribution in [1.29, 1.82) is 0 Å². The third kappa shape index (κ3) is 2.79. The average molecular weight is 280 g/mol. The van der Waals surface area contributed by atoms with Crippen molar-refractivity contribution in [2.45, 2.75) is 11.8 Å². The molecule has 2 N–H and O–H groups in total. The second-order valence-corrected chi connectivity index (χ2v) is 5.52. The molecule has 2 aromatic rings. The fourth-order valence-electron chi connectivity index (χ4n) is 1.45. The number of benzene rings is 2. The van der Waals surface area contributed by atoms with Crippen molar-refractivity contribution in [3.8, 4) is 17.2 Å². The summed E-state index contributed by atoms with van der Waals surface area (Å²) in [5.74, 6) is -1.38. The molecule has 0 radical (unpaired) electrons. The highest BCUT2D eigenvalue weighted by Gasteiger charge is 2.19. The highest BCUT2D eigenvalue weighted by molar-refractivity contribution is 7.87. The highest BCUT2D eigenvalue weighted by Crippen LogP contribution is 2.36. The molecule has 0 fully saturated rings. The quantitative estimate of drug-likeness (QED) is 0.665. The lowest BCUT2D eigenvalue weighted by atomic mass is 10.2. The van der Waals surface area contributed by atoms with Gasteiger partial charge in [-0.15, -0.1) is 0 Å². The predicted octanol–water partition coefficient (Wildman–Crippen LogP) is 2.17. The van der Waals surface area contributed by atoms with Crippen LogP contribution in [0.4, 0.5) is 0 Å². The first-order chi connectivity index (χ1) is 8.90. The summed E-state index contributed by atoms with van der Waals surface area (Å²) in [6.45, 7) is 1.83. The third-order valence-electron chi connectivity index (χ3n) is 2.49. The van der Waals surface area contributed by atoms with Crippen LogP contribution in [0, 0.1) is 6.92 Å². The molecule has 5 nitrogen and oxygen atoms in total. The van der Waals surface area contributed by atoms with E-state index < -0.39 is 21.6 Å². The van der Waals surface area contributed by atoms with Gasteiger partial charge < -0.3 is 14.4 Å². The van der Waals surface area contributed by atoms with Crippen LogP contribution in [0.1, 0.15) is 5.56 Å². The molecule has 0 aromatic heterocycles. The van der Waals surface area contributed by atoms with Crippen LogP contribution in [0.2, 0.25) is 0 Å². The molecule has 100 valence electrons. The summed E-state index contributed by atoms with van der Waals surface area (Å²) >= 11 is 0. The van der Waals surface area contributed by atoms with E-state index in [2.05, 4.69) is 0 Å². The van der Waals surface area contributed by atoms with E-state index in [1.165, 1.54) is 30.3 Å². The fraction of sp³-hybridized carbons (Fsp3) is 0.0769. The number of para-hydroxylation sites is 1. The van der Waals surface area contributed by atoms with Crippen molar-refractivity contribution < 1.29 is 22.8 Å².